The van der Waals surface area contributed by atoms with Crippen LogP contribution in [-0.4, -0.2) is 60.2 Å². The number of carbonyl (C=O) groups is 1. The number of anilines is 1. The molecule has 2 aromatic rings. The Balaban J connectivity index is 1.55. The van der Waals surface area contributed by atoms with Crippen LogP contribution in [0.15, 0.2) is 22.7 Å². The van der Waals surface area contributed by atoms with Crippen LogP contribution in [0.4, 0.5) is 5.69 Å². The van der Waals surface area contributed by atoms with Crippen LogP contribution in [0.1, 0.15) is 23.9 Å². The van der Waals surface area contributed by atoms with Gasteiger partial charge in [-0.1, -0.05) is 16.8 Å². The average Bonchev–Trinajstić information content (AvgIpc) is 3.09. The molecular formula is C20H27ClN4O3. The smallest absolute Gasteiger partial charge is 0.241 e. The minimum atomic E-state index is -0.240. The first-order valence-corrected chi connectivity index (χ1v) is 9.78. The molecule has 0 bridgehead atoms. The number of piperazine rings is 1. The van der Waals surface area contributed by atoms with Gasteiger partial charge in [-0.05, 0) is 32.4 Å². The highest BCUT2D eigenvalue weighted by Crippen LogP contribution is 2.31. The van der Waals surface area contributed by atoms with E-state index in [-0.39, 0.29) is 11.9 Å². The number of hydrogen-bond donors (Lipinski definition) is 1. The molecule has 1 atom stereocenters. The molecule has 2 heterocycles. The van der Waals surface area contributed by atoms with Gasteiger partial charge in [0, 0.05) is 43.3 Å². The molecule has 0 radical (unpaired) electrons. The summed E-state index contributed by atoms with van der Waals surface area (Å²) in [6, 6.07) is 5.28. The molecule has 1 aromatic carbocycles. The number of hydrogen-bond acceptors (Lipinski definition) is 6. The fourth-order valence-corrected chi connectivity index (χ4v) is 3.51. The van der Waals surface area contributed by atoms with Gasteiger partial charge in [0.25, 0.3) is 0 Å². The van der Waals surface area contributed by atoms with Crippen molar-refractivity contribution in [3.63, 3.8) is 0 Å². The van der Waals surface area contributed by atoms with Crippen LogP contribution in [0.2, 0.25) is 5.02 Å². The summed E-state index contributed by atoms with van der Waals surface area (Å²) in [5.74, 6) is 1.38. The molecule has 1 unspecified atom stereocenters. The number of amides is 1. The van der Waals surface area contributed by atoms with Gasteiger partial charge in [-0.3, -0.25) is 14.6 Å². The number of rotatable bonds is 6. The van der Waals surface area contributed by atoms with Gasteiger partial charge in [0.1, 0.15) is 5.75 Å². The van der Waals surface area contributed by atoms with Crippen LogP contribution in [0.3, 0.4) is 0 Å². The molecule has 0 spiro atoms. The summed E-state index contributed by atoms with van der Waals surface area (Å²) in [4.78, 5) is 17.3. The summed E-state index contributed by atoms with van der Waals surface area (Å²) in [7, 11) is 1.56. The molecule has 28 heavy (non-hydrogen) atoms. The maximum Gasteiger partial charge on any atom is 0.241 e. The van der Waals surface area contributed by atoms with E-state index in [0.29, 0.717) is 16.5 Å². The number of carbonyl (C=O) groups excluding carboxylic acids is 1. The second kappa shape index (κ2) is 8.94. The Morgan fingerprint density at radius 3 is 2.61 bits per heavy atom. The van der Waals surface area contributed by atoms with Crippen molar-refractivity contribution in [1.82, 2.24) is 15.0 Å². The molecule has 7 nitrogen and oxygen atoms in total. The number of ether oxygens (including phenoxy) is 1. The Bertz CT molecular complexity index is 831. The first kappa shape index (κ1) is 20.6. The molecule has 1 aliphatic rings. The Hall–Kier alpha value is -2.09. The zero-order valence-electron chi connectivity index (χ0n) is 16.8. The van der Waals surface area contributed by atoms with Crippen molar-refractivity contribution in [2.24, 2.45) is 0 Å². The van der Waals surface area contributed by atoms with Crippen molar-refractivity contribution in [3.8, 4) is 5.75 Å². The van der Waals surface area contributed by atoms with Gasteiger partial charge >= 0.3 is 0 Å². The zero-order valence-corrected chi connectivity index (χ0v) is 17.5. The fraction of sp³-hybridized carbons (Fsp3) is 0.500. The van der Waals surface area contributed by atoms with E-state index in [1.165, 1.54) is 0 Å². The lowest BCUT2D eigenvalue weighted by Gasteiger charge is -2.37. The van der Waals surface area contributed by atoms with Crippen molar-refractivity contribution in [3.05, 3.63) is 40.2 Å². The third-order valence-corrected chi connectivity index (χ3v) is 5.54. The maximum absolute atomic E-state index is 12.8. The number of halogens is 1. The normalized spacial score (nSPS) is 16.8. The molecule has 1 fully saturated rings. The molecular weight excluding hydrogens is 380 g/mol. The minimum absolute atomic E-state index is 0.0562. The van der Waals surface area contributed by atoms with Gasteiger partial charge in [0.2, 0.25) is 5.91 Å². The third-order valence-electron chi connectivity index (χ3n) is 5.13. The second-order valence-electron chi connectivity index (χ2n) is 7.21. The monoisotopic (exact) mass is 406 g/mol. The number of aryl methyl sites for hydroxylation is 2. The summed E-state index contributed by atoms with van der Waals surface area (Å²) >= 11 is 6.14. The quantitative estimate of drug-likeness (QED) is 0.794. The molecule has 0 aliphatic carbocycles. The summed E-state index contributed by atoms with van der Waals surface area (Å²) in [5.41, 5.74) is 2.43. The molecule has 1 amide bonds. The first-order chi connectivity index (χ1) is 13.4. The van der Waals surface area contributed by atoms with Crippen LogP contribution >= 0.6 is 11.6 Å². The number of nitrogens with one attached hydrogen (secondary N) is 1. The van der Waals surface area contributed by atoms with Crippen molar-refractivity contribution < 1.29 is 14.1 Å². The summed E-state index contributed by atoms with van der Waals surface area (Å²) in [6.07, 6.45) is 0. The molecule has 3 rings (SSSR count). The Morgan fingerprint density at radius 2 is 2.00 bits per heavy atom. The summed E-state index contributed by atoms with van der Waals surface area (Å²) in [6.45, 7) is 9.88. The predicted molar refractivity (Wildman–Crippen MR) is 109 cm³/mol. The van der Waals surface area contributed by atoms with Crippen molar-refractivity contribution in [1.29, 1.82) is 0 Å². The Morgan fingerprint density at radius 1 is 1.29 bits per heavy atom. The number of methoxy groups -OCH3 is 1. The second-order valence-corrected chi connectivity index (χ2v) is 7.62. The number of benzene rings is 1. The molecule has 1 N–H and O–H groups in total. The Labute approximate surface area is 170 Å². The van der Waals surface area contributed by atoms with Gasteiger partial charge in [-0.25, -0.2) is 0 Å². The standard InChI is InChI=1S/C20H27ClN4O3/c1-13-9-18(19(27-4)11-17(13)21)22-20(26)15(3)25-7-5-24(6-8-25)12-16-10-14(2)23-28-16/h9-11,15H,5-8,12H2,1-4H3,(H,22,26). The van der Waals surface area contributed by atoms with Crippen LogP contribution in [0.25, 0.3) is 0 Å². The van der Waals surface area contributed by atoms with Crippen molar-refractivity contribution in [2.45, 2.75) is 33.4 Å². The lowest BCUT2D eigenvalue weighted by atomic mass is 10.1. The predicted octanol–water partition coefficient (Wildman–Crippen LogP) is 3.10. The van der Waals surface area contributed by atoms with Crippen LogP contribution in [-0.2, 0) is 11.3 Å². The topological polar surface area (TPSA) is 70.8 Å². The van der Waals surface area contributed by atoms with Gasteiger partial charge < -0.3 is 14.6 Å². The van der Waals surface area contributed by atoms with Crippen LogP contribution in [0, 0.1) is 13.8 Å². The highest BCUT2D eigenvalue weighted by atomic mass is 35.5. The van der Waals surface area contributed by atoms with Crippen LogP contribution in [0.5, 0.6) is 5.75 Å². The molecule has 8 heteroatoms. The fourth-order valence-electron chi connectivity index (χ4n) is 3.35. The van der Waals surface area contributed by atoms with Crippen molar-refractivity contribution in [2.75, 3.05) is 38.6 Å². The molecule has 1 saturated heterocycles. The SMILES string of the molecule is COc1cc(Cl)c(C)cc1NC(=O)C(C)N1CCN(Cc2cc(C)no2)CC1. The van der Waals surface area contributed by atoms with Gasteiger partial charge in [-0.15, -0.1) is 0 Å². The van der Waals surface area contributed by atoms with Crippen LogP contribution < -0.4 is 10.1 Å². The average molecular weight is 407 g/mol. The van der Waals surface area contributed by atoms with E-state index < -0.39 is 0 Å². The van der Waals surface area contributed by atoms with E-state index >= 15 is 0 Å². The van der Waals surface area contributed by atoms with E-state index in [1.54, 1.807) is 13.2 Å². The van der Waals surface area contributed by atoms with E-state index in [2.05, 4.69) is 20.3 Å². The lowest BCUT2D eigenvalue weighted by Crippen LogP contribution is -2.52. The zero-order chi connectivity index (χ0) is 20.3. The van der Waals surface area contributed by atoms with Gasteiger partial charge in [0.15, 0.2) is 5.76 Å². The van der Waals surface area contributed by atoms with Gasteiger partial charge in [-0.2, -0.15) is 0 Å². The highest BCUT2D eigenvalue weighted by Gasteiger charge is 2.26. The molecule has 152 valence electrons. The lowest BCUT2D eigenvalue weighted by molar-refractivity contribution is -0.121. The van der Waals surface area contributed by atoms with E-state index in [4.69, 9.17) is 20.9 Å². The largest absolute Gasteiger partial charge is 0.495 e. The van der Waals surface area contributed by atoms with Crippen molar-refractivity contribution >= 4 is 23.2 Å². The third kappa shape index (κ3) is 4.84. The molecule has 1 aromatic heterocycles. The maximum atomic E-state index is 12.8. The van der Waals surface area contributed by atoms with E-state index in [1.807, 2.05) is 32.9 Å². The molecule has 1 aliphatic heterocycles. The number of nitrogens with zero attached hydrogens (tertiary/aromatic N) is 3. The highest BCUT2D eigenvalue weighted by molar-refractivity contribution is 6.31. The Kier molecular flexibility index (Phi) is 6.59. The number of aromatic nitrogens is 1. The van der Waals surface area contributed by atoms with E-state index in [0.717, 1.165) is 49.7 Å². The first-order valence-electron chi connectivity index (χ1n) is 9.41. The molecule has 0 saturated carbocycles. The van der Waals surface area contributed by atoms with Gasteiger partial charge in [0.05, 0.1) is 31.1 Å². The van der Waals surface area contributed by atoms with E-state index in [9.17, 15) is 4.79 Å². The summed E-state index contributed by atoms with van der Waals surface area (Å²) in [5, 5.41) is 7.52. The summed E-state index contributed by atoms with van der Waals surface area (Å²) < 4.78 is 10.6. The minimum Gasteiger partial charge on any atom is -0.495 e.